The first-order chi connectivity index (χ1) is 15.5. The molecule has 0 fully saturated rings. The Morgan fingerprint density at radius 1 is 1.12 bits per heavy atom. The molecule has 0 aromatic heterocycles. The van der Waals surface area contributed by atoms with E-state index in [1.54, 1.807) is 44.6 Å². The number of ether oxygens (including phenoxy) is 3. The molecule has 0 unspecified atom stereocenters. The van der Waals surface area contributed by atoms with Crippen LogP contribution in [0.4, 0.5) is 0 Å². The number of nitrogens with zero attached hydrogens (tertiary/aromatic N) is 1. The predicted octanol–water partition coefficient (Wildman–Crippen LogP) is 3.92. The number of hydrogen-bond donors (Lipinski definition) is 2. The SMILES string of the molecule is CCCCOc1c(Br)cc(C=NNC(=O)CCNC(=O)c2ccc(OC)cc2)cc1OC. The van der Waals surface area contributed by atoms with Gasteiger partial charge < -0.3 is 19.5 Å². The molecule has 0 radical (unpaired) electrons. The van der Waals surface area contributed by atoms with E-state index in [4.69, 9.17) is 14.2 Å². The van der Waals surface area contributed by atoms with Gasteiger partial charge in [0.15, 0.2) is 11.5 Å². The fourth-order valence-corrected chi connectivity index (χ4v) is 3.22. The van der Waals surface area contributed by atoms with E-state index in [-0.39, 0.29) is 24.8 Å². The molecule has 0 heterocycles. The summed E-state index contributed by atoms with van der Waals surface area (Å²) < 4.78 is 17.0. The van der Waals surface area contributed by atoms with Crippen molar-refractivity contribution in [2.75, 3.05) is 27.4 Å². The number of hydrazone groups is 1. The van der Waals surface area contributed by atoms with Gasteiger partial charge in [0.25, 0.3) is 5.91 Å². The Kier molecular flexibility index (Phi) is 10.5. The number of rotatable bonds is 12. The van der Waals surface area contributed by atoms with Gasteiger partial charge in [-0.05, 0) is 64.3 Å². The average molecular weight is 506 g/mol. The molecule has 0 saturated carbocycles. The van der Waals surface area contributed by atoms with Gasteiger partial charge in [0, 0.05) is 18.5 Å². The molecule has 2 aromatic carbocycles. The third kappa shape index (κ3) is 7.88. The molecule has 2 amide bonds. The highest BCUT2D eigenvalue weighted by Gasteiger charge is 2.11. The van der Waals surface area contributed by atoms with Crippen LogP contribution in [0.1, 0.15) is 42.1 Å². The van der Waals surface area contributed by atoms with Gasteiger partial charge in [0.2, 0.25) is 5.91 Å². The van der Waals surface area contributed by atoms with Crippen LogP contribution in [0.15, 0.2) is 46.0 Å². The van der Waals surface area contributed by atoms with E-state index in [1.807, 2.05) is 6.07 Å². The average Bonchev–Trinajstić information content (AvgIpc) is 2.80. The van der Waals surface area contributed by atoms with Gasteiger partial charge in [-0.3, -0.25) is 9.59 Å². The van der Waals surface area contributed by atoms with Crippen LogP contribution in [0.5, 0.6) is 17.2 Å². The number of benzene rings is 2. The molecule has 0 spiro atoms. The minimum atomic E-state index is -0.318. The summed E-state index contributed by atoms with van der Waals surface area (Å²) in [5, 5.41) is 6.67. The second-order valence-electron chi connectivity index (χ2n) is 6.76. The lowest BCUT2D eigenvalue weighted by Crippen LogP contribution is -2.29. The summed E-state index contributed by atoms with van der Waals surface area (Å²) >= 11 is 3.49. The molecule has 0 saturated heterocycles. The molecular weight excluding hydrogens is 478 g/mol. The smallest absolute Gasteiger partial charge is 0.251 e. The number of halogens is 1. The van der Waals surface area contributed by atoms with E-state index >= 15 is 0 Å². The maximum Gasteiger partial charge on any atom is 0.251 e. The standard InChI is InChI=1S/C23H28BrN3O5/c1-4-5-12-32-22-19(24)13-16(14-20(22)31-3)15-26-27-21(28)10-11-25-23(29)17-6-8-18(30-2)9-7-17/h6-9,13-15H,4-5,10-12H2,1-3H3,(H,25,29)(H,27,28). The monoisotopic (exact) mass is 505 g/mol. The summed E-state index contributed by atoms with van der Waals surface area (Å²) in [6, 6.07) is 10.3. The van der Waals surface area contributed by atoms with Gasteiger partial charge in [-0.2, -0.15) is 5.10 Å². The first-order valence-electron chi connectivity index (χ1n) is 10.2. The van der Waals surface area contributed by atoms with Crippen LogP contribution in [0.2, 0.25) is 0 Å². The van der Waals surface area contributed by atoms with Crippen LogP contribution in [0.3, 0.4) is 0 Å². The predicted molar refractivity (Wildman–Crippen MR) is 127 cm³/mol. The Bertz CT molecular complexity index is 932. The molecule has 8 nitrogen and oxygen atoms in total. The van der Waals surface area contributed by atoms with E-state index in [0.29, 0.717) is 29.4 Å². The Balaban J connectivity index is 1.82. The highest BCUT2D eigenvalue weighted by Crippen LogP contribution is 2.36. The van der Waals surface area contributed by atoms with Crippen molar-refractivity contribution in [1.29, 1.82) is 0 Å². The zero-order valence-corrected chi connectivity index (χ0v) is 20.0. The van der Waals surface area contributed by atoms with E-state index in [2.05, 4.69) is 38.7 Å². The Labute approximate surface area is 196 Å². The lowest BCUT2D eigenvalue weighted by Gasteiger charge is -2.13. The van der Waals surface area contributed by atoms with Gasteiger partial charge >= 0.3 is 0 Å². The van der Waals surface area contributed by atoms with Crippen LogP contribution in [-0.4, -0.2) is 45.4 Å². The zero-order valence-electron chi connectivity index (χ0n) is 18.4. The van der Waals surface area contributed by atoms with Gasteiger partial charge in [0.1, 0.15) is 5.75 Å². The van der Waals surface area contributed by atoms with E-state index in [0.717, 1.165) is 22.9 Å². The molecule has 9 heteroatoms. The third-order valence-electron chi connectivity index (χ3n) is 4.39. The van der Waals surface area contributed by atoms with Crippen LogP contribution in [0.25, 0.3) is 0 Å². The van der Waals surface area contributed by atoms with Gasteiger partial charge in [-0.15, -0.1) is 0 Å². The third-order valence-corrected chi connectivity index (χ3v) is 4.98. The summed E-state index contributed by atoms with van der Waals surface area (Å²) in [4.78, 5) is 24.1. The van der Waals surface area contributed by atoms with Crippen LogP contribution < -0.4 is 25.0 Å². The lowest BCUT2D eigenvalue weighted by atomic mass is 10.2. The maximum absolute atomic E-state index is 12.1. The molecule has 32 heavy (non-hydrogen) atoms. The van der Waals surface area contributed by atoms with Crippen LogP contribution in [-0.2, 0) is 4.79 Å². The topological polar surface area (TPSA) is 98.2 Å². The Hall–Kier alpha value is -3.07. The van der Waals surface area contributed by atoms with Gasteiger partial charge in [-0.25, -0.2) is 5.43 Å². The fraction of sp³-hybridized carbons (Fsp3) is 0.348. The van der Waals surface area contributed by atoms with Gasteiger partial charge in [-0.1, -0.05) is 13.3 Å². The minimum Gasteiger partial charge on any atom is -0.497 e. The van der Waals surface area contributed by atoms with E-state index in [9.17, 15) is 9.59 Å². The minimum absolute atomic E-state index is 0.0937. The number of carbonyl (C=O) groups is 2. The van der Waals surface area contributed by atoms with Crippen molar-refractivity contribution in [3.63, 3.8) is 0 Å². The fourth-order valence-electron chi connectivity index (χ4n) is 2.64. The van der Waals surface area contributed by atoms with Crippen molar-refractivity contribution in [3.05, 3.63) is 52.0 Å². The van der Waals surface area contributed by atoms with Crippen molar-refractivity contribution >= 4 is 34.0 Å². The summed E-state index contributed by atoms with van der Waals surface area (Å²) in [5.74, 6) is 1.30. The maximum atomic E-state index is 12.1. The van der Waals surface area contributed by atoms with Crippen molar-refractivity contribution in [2.45, 2.75) is 26.2 Å². The normalized spacial score (nSPS) is 10.6. The van der Waals surface area contributed by atoms with Gasteiger partial charge in [0.05, 0.1) is 31.5 Å². The number of hydrogen-bond acceptors (Lipinski definition) is 6. The second-order valence-corrected chi connectivity index (χ2v) is 7.62. The highest BCUT2D eigenvalue weighted by molar-refractivity contribution is 9.10. The zero-order chi connectivity index (χ0) is 23.3. The Morgan fingerprint density at radius 2 is 1.88 bits per heavy atom. The number of unbranched alkanes of at least 4 members (excludes halogenated alkanes) is 1. The lowest BCUT2D eigenvalue weighted by molar-refractivity contribution is -0.120. The first kappa shape index (κ1) is 25.2. The number of carbonyl (C=O) groups excluding carboxylic acids is 2. The molecule has 172 valence electrons. The summed E-state index contributed by atoms with van der Waals surface area (Å²) in [7, 11) is 3.13. The number of methoxy groups -OCH3 is 2. The first-order valence-corrected chi connectivity index (χ1v) is 11.0. The number of nitrogens with one attached hydrogen (secondary N) is 2. The highest BCUT2D eigenvalue weighted by atomic mass is 79.9. The molecule has 0 bridgehead atoms. The molecular formula is C23H28BrN3O5. The molecule has 2 aromatic rings. The van der Waals surface area contributed by atoms with E-state index in [1.165, 1.54) is 6.21 Å². The molecule has 2 rings (SSSR count). The molecule has 0 aliphatic heterocycles. The summed E-state index contributed by atoms with van der Waals surface area (Å²) in [6.07, 6.45) is 3.59. The van der Waals surface area contributed by atoms with E-state index < -0.39 is 0 Å². The molecule has 0 aliphatic rings. The Morgan fingerprint density at radius 3 is 2.53 bits per heavy atom. The van der Waals surface area contributed by atoms with Crippen LogP contribution >= 0.6 is 15.9 Å². The molecule has 0 atom stereocenters. The quantitative estimate of drug-likeness (QED) is 0.259. The van der Waals surface area contributed by atoms with Crippen molar-refractivity contribution in [1.82, 2.24) is 10.7 Å². The summed E-state index contributed by atoms with van der Waals surface area (Å²) in [6.45, 7) is 2.89. The summed E-state index contributed by atoms with van der Waals surface area (Å²) in [5.41, 5.74) is 3.67. The second kappa shape index (κ2) is 13.4. The number of amides is 2. The van der Waals surface area contributed by atoms with Crippen molar-refractivity contribution in [2.24, 2.45) is 5.10 Å². The molecule has 2 N–H and O–H groups in total. The van der Waals surface area contributed by atoms with Crippen LogP contribution in [0, 0.1) is 0 Å². The van der Waals surface area contributed by atoms with Crippen molar-refractivity contribution < 1.29 is 23.8 Å². The molecule has 0 aliphatic carbocycles. The largest absolute Gasteiger partial charge is 0.497 e. The van der Waals surface area contributed by atoms with Crippen molar-refractivity contribution in [3.8, 4) is 17.2 Å².